The zero-order valence-corrected chi connectivity index (χ0v) is 20.8. The predicted molar refractivity (Wildman–Crippen MR) is 137 cm³/mol. The van der Waals surface area contributed by atoms with E-state index < -0.39 is 22.1 Å². The molecule has 0 amide bonds. The van der Waals surface area contributed by atoms with Crippen LogP contribution in [0.1, 0.15) is 27.8 Å². The van der Waals surface area contributed by atoms with Gasteiger partial charge in [-0.3, -0.25) is 14.4 Å². The van der Waals surface area contributed by atoms with E-state index in [2.05, 4.69) is 9.68 Å². The number of aldehydes is 1. The molecule has 13 nitrogen and oxygen atoms in total. The van der Waals surface area contributed by atoms with E-state index in [4.69, 9.17) is 9.47 Å². The van der Waals surface area contributed by atoms with Gasteiger partial charge in [0.1, 0.15) is 31.0 Å². The summed E-state index contributed by atoms with van der Waals surface area (Å²) >= 11 is 0. The molecule has 0 unspecified atom stereocenters. The Labute approximate surface area is 226 Å². The molecule has 3 aromatic rings. The molecule has 0 saturated carbocycles. The molecule has 0 aromatic heterocycles. The Kier molecular flexibility index (Phi) is 10.4. The van der Waals surface area contributed by atoms with Crippen molar-refractivity contribution in [2.75, 3.05) is 0 Å². The van der Waals surface area contributed by atoms with Gasteiger partial charge in [-0.15, -0.1) is 20.2 Å². The Morgan fingerprint density at radius 3 is 1.77 bits per heavy atom. The molecule has 206 valence electrons. The topological polar surface area (TPSA) is 174 Å². The molecule has 0 atom stereocenters. The minimum absolute atomic E-state index is 0.106. The zero-order chi connectivity index (χ0) is 28.9. The van der Waals surface area contributed by atoms with Gasteiger partial charge in [0.2, 0.25) is 0 Å². The highest BCUT2D eigenvalue weighted by molar-refractivity contribution is 5.80. The van der Waals surface area contributed by atoms with E-state index in [-0.39, 0.29) is 43.1 Å². The second-order valence-electron chi connectivity index (χ2n) is 8.13. The summed E-state index contributed by atoms with van der Waals surface area (Å²) in [6, 6.07) is 17.2. The molecule has 0 aliphatic rings. The van der Waals surface area contributed by atoms with Gasteiger partial charge >= 0.3 is 11.9 Å². The third-order valence-corrected chi connectivity index (χ3v) is 5.14. The third kappa shape index (κ3) is 9.70. The van der Waals surface area contributed by atoms with E-state index in [1.54, 1.807) is 48.5 Å². The molecule has 0 radical (unpaired) electrons. The van der Waals surface area contributed by atoms with Crippen molar-refractivity contribution in [2.24, 2.45) is 0 Å². The van der Waals surface area contributed by atoms with Crippen LogP contribution in [-0.4, -0.2) is 28.4 Å². The molecule has 0 saturated heterocycles. The van der Waals surface area contributed by atoms with Crippen molar-refractivity contribution in [3.63, 3.8) is 0 Å². The summed E-state index contributed by atoms with van der Waals surface area (Å²) in [5.74, 6) is -1.03. The number of hydrogen-bond donors (Lipinski definition) is 0. The summed E-state index contributed by atoms with van der Waals surface area (Å²) in [4.78, 5) is 65.4. The number of carbonyl (C=O) groups is 3. The van der Waals surface area contributed by atoms with Crippen molar-refractivity contribution in [2.45, 2.75) is 26.1 Å². The smallest absolute Gasteiger partial charge is 0.315 e. The van der Waals surface area contributed by atoms with Crippen molar-refractivity contribution >= 4 is 24.3 Å². The van der Waals surface area contributed by atoms with E-state index in [1.165, 1.54) is 30.4 Å². The van der Waals surface area contributed by atoms with Gasteiger partial charge in [-0.25, -0.2) is 0 Å². The van der Waals surface area contributed by atoms with Gasteiger partial charge in [-0.05, 0) is 52.6 Å². The van der Waals surface area contributed by atoms with Crippen molar-refractivity contribution in [3.8, 4) is 11.5 Å². The van der Waals surface area contributed by atoms with Crippen LogP contribution in [0.25, 0.3) is 6.08 Å². The first kappa shape index (κ1) is 29.0. The second-order valence-corrected chi connectivity index (χ2v) is 8.13. The summed E-state index contributed by atoms with van der Waals surface area (Å²) in [7, 11) is 0. The third-order valence-electron chi connectivity index (χ3n) is 5.14. The highest BCUT2D eigenvalue weighted by atomic mass is 17.0. The average Bonchev–Trinajstić information content (AvgIpc) is 2.91. The normalized spacial score (nSPS) is 10.5. The first-order chi connectivity index (χ1) is 19.2. The second kappa shape index (κ2) is 14.4. The molecule has 0 aliphatic heterocycles. The minimum Gasteiger partial charge on any atom is -0.426 e. The number of ether oxygens (including phenoxy) is 2. The maximum atomic E-state index is 12.6. The largest absolute Gasteiger partial charge is 0.426 e. The van der Waals surface area contributed by atoms with Crippen molar-refractivity contribution < 1.29 is 43.7 Å². The number of esters is 2. The van der Waals surface area contributed by atoms with E-state index in [0.29, 0.717) is 28.5 Å². The van der Waals surface area contributed by atoms with Crippen LogP contribution in [0.3, 0.4) is 0 Å². The molecule has 40 heavy (non-hydrogen) atoms. The van der Waals surface area contributed by atoms with Crippen LogP contribution in [0.4, 0.5) is 0 Å². The summed E-state index contributed by atoms with van der Waals surface area (Å²) in [6.45, 7) is -0.526. The standard InChI is InChI=1S/C27H22N2O11/c30-11-3-8-23-16-24(39-26(31)14-19-4-1-6-21(12-19)17-37-28(33)34)9-10-25(23)40-27(32)15-20-5-2-7-22(13-20)18-38-29(35)36/h1-13,16H,14-15,17-18H2. The van der Waals surface area contributed by atoms with Crippen molar-refractivity contribution in [1.29, 1.82) is 0 Å². The van der Waals surface area contributed by atoms with Gasteiger partial charge in [-0.1, -0.05) is 48.5 Å². The number of rotatable bonds is 14. The molecule has 0 fully saturated rings. The Morgan fingerprint density at radius 2 is 1.25 bits per heavy atom. The maximum Gasteiger partial charge on any atom is 0.315 e. The van der Waals surface area contributed by atoms with E-state index in [9.17, 15) is 34.6 Å². The van der Waals surface area contributed by atoms with Crippen LogP contribution in [0.15, 0.2) is 72.8 Å². The zero-order valence-electron chi connectivity index (χ0n) is 20.8. The lowest BCUT2D eigenvalue weighted by Crippen LogP contribution is -2.13. The number of allylic oxidation sites excluding steroid dienone is 1. The van der Waals surface area contributed by atoms with Gasteiger partial charge in [0.05, 0.1) is 12.8 Å². The van der Waals surface area contributed by atoms with E-state index >= 15 is 0 Å². The number of carbonyl (C=O) groups excluding carboxylic acids is 3. The maximum absolute atomic E-state index is 12.6. The Morgan fingerprint density at radius 1 is 0.725 bits per heavy atom. The molecule has 0 spiro atoms. The molecule has 3 rings (SSSR count). The lowest BCUT2D eigenvalue weighted by molar-refractivity contribution is -0.763. The number of benzene rings is 3. The van der Waals surface area contributed by atoms with Crippen LogP contribution in [-0.2, 0) is 50.1 Å². The molecular weight excluding hydrogens is 528 g/mol. The van der Waals surface area contributed by atoms with Gasteiger partial charge in [-0.2, -0.15) is 0 Å². The van der Waals surface area contributed by atoms with Crippen molar-refractivity contribution in [3.05, 3.63) is 121 Å². The van der Waals surface area contributed by atoms with Crippen LogP contribution >= 0.6 is 0 Å². The van der Waals surface area contributed by atoms with Crippen LogP contribution in [0, 0.1) is 20.2 Å². The van der Waals surface area contributed by atoms with Crippen LogP contribution in [0.5, 0.6) is 11.5 Å². The van der Waals surface area contributed by atoms with E-state index in [1.807, 2.05) is 0 Å². The summed E-state index contributed by atoms with van der Waals surface area (Å²) in [5.41, 5.74) is 2.39. The molecular formula is C27H22N2O11. The Bertz CT molecular complexity index is 1440. The minimum atomic E-state index is -0.911. The molecule has 0 bridgehead atoms. The van der Waals surface area contributed by atoms with Gasteiger partial charge in [0.25, 0.3) is 10.2 Å². The van der Waals surface area contributed by atoms with Crippen molar-refractivity contribution in [1.82, 2.24) is 0 Å². The first-order valence-corrected chi connectivity index (χ1v) is 11.6. The fourth-order valence-corrected chi connectivity index (χ4v) is 3.53. The number of hydrogen-bond acceptors (Lipinski definition) is 11. The SMILES string of the molecule is O=CC=Cc1cc(OC(=O)Cc2cccc(CO[N+](=O)[O-])c2)ccc1OC(=O)Cc1cccc(CO[N+](=O)[O-])c1. The first-order valence-electron chi connectivity index (χ1n) is 11.6. The van der Waals surface area contributed by atoms with Crippen LogP contribution in [0.2, 0.25) is 0 Å². The highest BCUT2D eigenvalue weighted by Gasteiger charge is 2.14. The monoisotopic (exact) mass is 550 g/mol. The summed E-state index contributed by atoms with van der Waals surface area (Å²) in [6.07, 6.45) is 2.80. The average molecular weight is 550 g/mol. The van der Waals surface area contributed by atoms with E-state index in [0.717, 1.165) is 0 Å². The summed E-state index contributed by atoms with van der Waals surface area (Å²) in [5, 5.41) is 19.0. The van der Waals surface area contributed by atoms with Gasteiger partial charge in [0, 0.05) is 5.56 Å². The summed E-state index contributed by atoms with van der Waals surface area (Å²) < 4.78 is 10.8. The highest BCUT2D eigenvalue weighted by Crippen LogP contribution is 2.27. The Hall–Kier alpha value is -5.59. The quantitative estimate of drug-likeness (QED) is 0.0716. The Balaban J connectivity index is 1.66. The predicted octanol–water partition coefficient (Wildman–Crippen LogP) is 3.61. The molecule has 0 N–H and O–H groups in total. The van der Waals surface area contributed by atoms with Gasteiger partial charge < -0.3 is 19.1 Å². The molecule has 13 heteroatoms. The van der Waals surface area contributed by atoms with Gasteiger partial charge in [0.15, 0.2) is 0 Å². The fraction of sp³-hybridized carbons (Fsp3) is 0.148. The number of nitrogens with zero attached hydrogens (tertiary/aromatic N) is 2. The molecule has 0 aliphatic carbocycles. The lowest BCUT2D eigenvalue weighted by atomic mass is 10.1. The van der Waals surface area contributed by atoms with Crippen LogP contribution < -0.4 is 9.47 Å². The molecule has 0 heterocycles. The molecule has 3 aromatic carbocycles. The fourth-order valence-electron chi connectivity index (χ4n) is 3.53. The lowest BCUT2D eigenvalue weighted by Gasteiger charge is -2.11.